The fraction of sp³-hybridized carbons (Fsp3) is 0.231. The molecule has 2 aromatic rings. The monoisotopic (exact) mass is 264 g/mol. The smallest absolute Gasteiger partial charge is 0.343 e. The van der Waals surface area contributed by atoms with Gasteiger partial charge >= 0.3 is 5.97 Å². The lowest BCUT2D eigenvalue weighted by molar-refractivity contribution is 0.0693. The topological polar surface area (TPSA) is 64.3 Å². The zero-order chi connectivity index (χ0) is 14.2. The van der Waals surface area contributed by atoms with E-state index in [1.54, 1.807) is 27.0 Å². The average molecular weight is 264 g/mol. The summed E-state index contributed by atoms with van der Waals surface area (Å²) in [6.07, 6.45) is 0. The minimum atomic E-state index is -1.13. The van der Waals surface area contributed by atoms with Crippen molar-refractivity contribution in [3.05, 3.63) is 40.8 Å². The summed E-state index contributed by atoms with van der Waals surface area (Å²) in [6.45, 7) is 3.33. The zero-order valence-electron chi connectivity index (χ0n) is 10.8. The van der Waals surface area contributed by atoms with Gasteiger partial charge in [-0.2, -0.15) is 5.10 Å². The van der Waals surface area contributed by atoms with Crippen molar-refractivity contribution >= 4 is 5.97 Å². The van der Waals surface area contributed by atoms with Crippen molar-refractivity contribution in [3.8, 4) is 11.6 Å². The molecule has 0 aliphatic rings. The van der Waals surface area contributed by atoms with Crippen LogP contribution in [0.4, 0.5) is 4.39 Å². The van der Waals surface area contributed by atoms with Gasteiger partial charge in [0.2, 0.25) is 5.88 Å². The fourth-order valence-corrected chi connectivity index (χ4v) is 1.79. The Labute approximate surface area is 109 Å². The number of hydrogen-bond acceptors (Lipinski definition) is 3. The van der Waals surface area contributed by atoms with Crippen LogP contribution in [0.3, 0.4) is 0 Å². The number of benzene rings is 1. The molecule has 6 heteroatoms. The number of aryl methyl sites for hydroxylation is 3. The fourth-order valence-electron chi connectivity index (χ4n) is 1.79. The van der Waals surface area contributed by atoms with Gasteiger partial charge in [-0.25, -0.2) is 13.9 Å². The van der Waals surface area contributed by atoms with Crippen LogP contribution >= 0.6 is 0 Å². The van der Waals surface area contributed by atoms with Gasteiger partial charge in [0.1, 0.15) is 17.1 Å². The van der Waals surface area contributed by atoms with Crippen molar-refractivity contribution in [2.45, 2.75) is 13.8 Å². The molecule has 0 fully saturated rings. The predicted octanol–water partition coefficient (Wildman–Crippen LogP) is 2.67. The molecule has 0 aliphatic carbocycles. The molecule has 1 heterocycles. The Morgan fingerprint density at radius 3 is 2.74 bits per heavy atom. The molecule has 1 N–H and O–H groups in total. The van der Waals surface area contributed by atoms with Crippen LogP contribution in [0.15, 0.2) is 18.2 Å². The molecule has 0 saturated heterocycles. The molecule has 0 unspecified atom stereocenters. The zero-order valence-corrected chi connectivity index (χ0v) is 10.8. The van der Waals surface area contributed by atoms with E-state index in [0.717, 1.165) is 0 Å². The minimum Gasteiger partial charge on any atom is -0.477 e. The first-order valence-electron chi connectivity index (χ1n) is 5.61. The molecule has 1 aromatic carbocycles. The lowest BCUT2D eigenvalue weighted by Gasteiger charge is -2.09. The van der Waals surface area contributed by atoms with Crippen LogP contribution in [0.25, 0.3) is 0 Å². The third-order valence-corrected chi connectivity index (χ3v) is 2.74. The molecule has 0 atom stereocenters. The second-order valence-corrected chi connectivity index (χ2v) is 4.21. The highest BCUT2D eigenvalue weighted by atomic mass is 19.1. The van der Waals surface area contributed by atoms with Crippen LogP contribution in [-0.4, -0.2) is 20.9 Å². The van der Waals surface area contributed by atoms with Gasteiger partial charge in [-0.05, 0) is 25.5 Å². The second-order valence-electron chi connectivity index (χ2n) is 4.21. The van der Waals surface area contributed by atoms with Crippen molar-refractivity contribution in [2.24, 2.45) is 7.05 Å². The van der Waals surface area contributed by atoms with Gasteiger partial charge in [-0.3, -0.25) is 0 Å². The molecule has 0 aliphatic heterocycles. The van der Waals surface area contributed by atoms with E-state index < -0.39 is 11.8 Å². The number of aromatic nitrogens is 2. The molecule has 0 radical (unpaired) electrons. The van der Waals surface area contributed by atoms with Gasteiger partial charge < -0.3 is 9.84 Å². The number of carboxylic acids is 1. The van der Waals surface area contributed by atoms with Crippen LogP contribution < -0.4 is 4.74 Å². The summed E-state index contributed by atoms with van der Waals surface area (Å²) >= 11 is 0. The number of nitrogens with zero attached hydrogens (tertiary/aromatic N) is 2. The molecule has 5 nitrogen and oxygen atoms in total. The second kappa shape index (κ2) is 4.72. The maximum Gasteiger partial charge on any atom is 0.343 e. The van der Waals surface area contributed by atoms with Gasteiger partial charge in [0.25, 0.3) is 0 Å². The number of halogens is 1. The first kappa shape index (κ1) is 13.1. The number of carbonyl (C=O) groups is 1. The highest BCUT2D eigenvalue weighted by Gasteiger charge is 2.22. The van der Waals surface area contributed by atoms with Crippen molar-refractivity contribution < 1.29 is 19.0 Å². The van der Waals surface area contributed by atoms with Crippen molar-refractivity contribution in [1.29, 1.82) is 0 Å². The number of carboxylic acid groups (broad SMARTS) is 1. The van der Waals surface area contributed by atoms with Crippen LogP contribution in [0, 0.1) is 19.7 Å². The summed E-state index contributed by atoms with van der Waals surface area (Å²) in [4.78, 5) is 11.2. The van der Waals surface area contributed by atoms with Gasteiger partial charge in [-0.1, -0.05) is 6.07 Å². The molecule has 2 rings (SSSR count). The van der Waals surface area contributed by atoms with E-state index in [-0.39, 0.29) is 17.2 Å². The summed E-state index contributed by atoms with van der Waals surface area (Å²) in [5, 5.41) is 13.2. The molecule has 1 aromatic heterocycles. The first-order valence-corrected chi connectivity index (χ1v) is 5.61. The molecule has 0 amide bonds. The highest BCUT2D eigenvalue weighted by Crippen LogP contribution is 2.29. The Kier molecular flexibility index (Phi) is 3.25. The van der Waals surface area contributed by atoms with Crippen molar-refractivity contribution in [1.82, 2.24) is 9.78 Å². The number of ether oxygens (including phenoxy) is 1. The summed E-state index contributed by atoms with van der Waals surface area (Å²) in [6, 6.07) is 4.09. The standard InChI is InChI=1S/C13H13FN2O3/c1-7-4-5-9(14)6-10(7)19-12-11(13(17)18)8(2)15-16(12)3/h4-6H,1-3H3,(H,17,18). The van der Waals surface area contributed by atoms with Crippen LogP contribution in [0.1, 0.15) is 21.6 Å². The highest BCUT2D eigenvalue weighted by molar-refractivity contribution is 5.91. The lowest BCUT2D eigenvalue weighted by atomic mass is 10.2. The quantitative estimate of drug-likeness (QED) is 0.925. The first-order chi connectivity index (χ1) is 8.90. The Balaban J connectivity index is 2.49. The molecule has 100 valence electrons. The summed E-state index contributed by atoms with van der Waals surface area (Å²) in [5.74, 6) is -1.23. The predicted molar refractivity (Wildman–Crippen MR) is 66.1 cm³/mol. The Morgan fingerprint density at radius 1 is 1.42 bits per heavy atom. The van der Waals surface area contributed by atoms with E-state index in [9.17, 15) is 9.18 Å². The van der Waals surface area contributed by atoms with E-state index in [2.05, 4.69) is 5.10 Å². The Morgan fingerprint density at radius 2 is 2.11 bits per heavy atom. The van der Waals surface area contributed by atoms with E-state index >= 15 is 0 Å². The normalized spacial score (nSPS) is 10.5. The summed E-state index contributed by atoms with van der Waals surface area (Å²) in [7, 11) is 1.57. The van der Waals surface area contributed by atoms with E-state index in [0.29, 0.717) is 11.3 Å². The molecular weight excluding hydrogens is 251 g/mol. The van der Waals surface area contributed by atoms with Gasteiger partial charge in [0.15, 0.2) is 0 Å². The van der Waals surface area contributed by atoms with E-state index in [1.807, 2.05) is 0 Å². The van der Waals surface area contributed by atoms with Gasteiger partial charge in [0.05, 0.1) is 5.69 Å². The average Bonchev–Trinajstić information content (AvgIpc) is 2.59. The van der Waals surface area contributed by atoms with Crippen molar-refractivity contribution in [3.63, 3.8) is 0 Å². The van der Waals surface area contributed by atoms with Gasteiger partial charge in [-0.15, -0.1) is 0 Å². The largest absolute Gasteiger partial charge is 0.477 e. The van der Waals surface area contributed by atoms with Crippen LogP contribution in [0.2, 0.25) is 0 Å². The minimum absolute atomic E-state index is 0.0221. The third-order valence-electron chi connectivity index (χ3n) is 2.74. The molecule has 0 spiro atoms. The Hall–Kier alpha value is -2.37. The lowest BCUT2D eigenvalue weighted by Crippen LogP contribution is -2.02. The summed E-state index contributed by atoms with van der Waals surface area (Å²) < 4.78 is 20.0. The maximum atomic E-state index is 13.2. The molecule has 19 heavy (non-hydrogen) atoms. The molecule has 0 saturated carbocycles. The van der Waals surface area contributed by atoms with E-state index in [4.69, 9.17) is 9.84 Å². The van der Waals surface area contributed by atoms with E-state index in [1.165, 1.54) is 16.8 Å². The number of aromatic carboxylic acids is 1. The van der Waals surface area contributed by atoms with Gasteiger partial charge in [0, 0.05) is 13.1 Å². The number of rotatable bonds is 3. The van der Waals surface area contributed by atoms with Crippen LogP contribution in [0.5, 0.6) is 11.6 Å². The SMILES string of the molecule is Cc1ccc(F)cc1Oc1c(C(=O)O)c(C)nn1C. The molecule has 0 bridgehead atoms. The summed E-state index contributed by atoms with van der Waals surface area (Å²) in [5.41, 5.74) is 1.03. The Bertz CT molecular complexity index is 650. The molecular formula is C13H13FN2O3. The maximum absolute atomic E-state index is 13.2. The number of hydrogen-bond donors (Lipinski definition) is 1. The third kappa shape index (κ3) is 2.42. The van der Waals surface area contributed by atoms with Crippen molar-refractivity contribution in [2.75, 3.05) is 0 Å². The van der Waals surface area contributed by atoms with Crippen LogP contribution in [-0.2, 0) is 7.05 Å².